The Hall–Kier alpha value is -2.51. The van der Waals surface area contributed by atoms with Crippen LogP contribution in [0, 0.1) is 0 Å². The number of hydrogen-bond donors (Lipinski definition) is 1. The van der Waals surface area contributed by atoms with Gasteiger partial charge in [0.15, 0.2) is 0 Å². The zero-order chi connectivity index (χ0) is 17.3. The van der Waals surface area contributed by atoms with Crippen molar-refractivity contribution in [2.45, 2.75) is 6.42 Å². The molecule has 25 heavy (non-hydrogen) atoms. The van der Waals surface area contributed by atoms with E-state index in [4.69, 9.17) is 0 Å². The van der Waals surface area contributed by atoms with Gasteiger partial charge in [-0.3, -0.25) is 4.98 Å². The molecule has 2 nitrogen and oxygen atoms in total. The standard InChI is InChI=1S/C12H9N.C5H5N.C5H5.Ru/c1-3-7-11-9(5-1)10-6-2-4-8-12(10)13-11;1-2-4-6-5-3-1;1-2-4-5-3-1;/h1-8,13H;1-5H;1-3H,4H2;. The summed E-state index contributed by atoms with van der Waals surface area (Å²) in [5, 5.41) is 2.61. The molecule has 2 heterocycles. The molecular weight excluding hydrogens is 393 g/mol. The Morgan fingerprint density at radius 3 is 1.72 bits per heavy atom. The summed E-state index contributed by atoms with van der Waals surface area (Å²) < 4.78 is 1.40. The van der Waals surface area contributed by atoms with Gasteiger partial charge in [0, 0.05) is 34.2 Å². The molecule has 3 heteroatoms. The van der Waals surface area contributed by atoms with Crippen LogP contribution in [0.15, 0.2) is 102 Å². The number of aromatic nitrogens is 2. The zero-order valence-electron chi connectivity index (χ0n) is 13.7. The average molecular weight is 412 g/mol. The fourth-order valence-corrected chi connectivity index (χ4v) is 2.90. The van der Waals surface area contributed by atoms with Crippen molar-refractivity contribution in [2.75, 3.05) is 0 Å². The molecule has 0 aliphatic heterocycles. The molecule has 1 aliphatic carbocycles. The third-order valence-electron chi connectivity index (χ3n) is 3.70. The Balaban J connectivity index is 0.000000127. The van der Waals surface area contributed by atoms with Crippen molar-refractivity contribution in [1.29, 1.82) is 0 Å². The van der Waals surface area contributed by atoms with E-state index in [1.54, 1.807) is 12.4 Å². The van der Waals surface area contributed by atoms with Gasteiger partial charge in [-0.1, -0.05) is 42.5 Å². The maximum Gasteiger partial charge on any atom is 0.0464 e. The molecule has 5 rings (SSSR count). The van der Waals surface area contributed by atoms with Crippen molar-refractivity contribution >= 4 is 21.8 Å². The van der Waals surface area contributed by atoms with Gasteiger partial charge in [-0.2, -0.15) is 0 Å². The summed E-state index contributed by atoms with van der Waals surface area (Å²) in [5.41, 5.74) is 2.42. The van der Waals surface area contributed by atoms with Gasteiger partial charge in [0.1, 0.15) is 0 Å². The molecule has 0 atom stereocenters. The van der Waals surface area contributed by atoms with Crippen LogP contribution in [0.2, 0.25) is 0 Å². The van der Waals surface area contributed by atoms with E-state index in [9.17, 15) is 0 Å². The number of pyridine rings is 1. The van der Waals surface area contributed by atoms with Gasteiger partial charge >= 0.3 is 47.1 Å². The first-order valence-corrected chi connectivity index (χ1v) is 9.02. The van der Waals surface area contributed by atoms with Crippen molar-refractivity contribution in [2.24, 2.45) is 0 Å². The molecular formula is C22H19N2Ru. The van der Waals surface area contributed by atoms with Crippen LogP contribution in [-0.2, 0) is 18.3 Å². The number of H-pyrrole nitrogens is 1. The van der Waals surface area contributed by atoms with E-state index < -0.39 is 0 Å². The summed E-state index contributed by atoms with van der Waals surface area (Å²) in [6, 6.07) is 22.5. The summed E-state index contributed by atoms with van der Waals surface area (Å²) in [6.07, 6.45) is 11.0. The van der Waals surface area contributed by atoms with Crippen LogP contribution in [0.4, 0.5) is 0 Å². The van der Waals surface area contributed by atoms with Crippen molar-refractivity contribution in [3.05, 3.63) is 102 Å². The van der Waals surface area contributed by atoms with Crippen LogP contribution < -0.4 is 0 Å². The molecule has 0 saturated heterocycles. The van der Waals surface area contributed by atoms with Crippen LogP contribution in [0.1, 0.15) is 6.42 Å². The molecule has 0 spiro atoms. The number of nitrogens with one attached hydrogen (secondary N) is 1. The smallest absolute Gasteiger partial charge is 0.0464 e. The van der Waals surface area contributed by atoms with Crippen LogP contribution in [-0.4, -0.2) is 9.97 Å². The minimum absolute atomic E-state index is 1.14. The zero-order valence-corrected chi connectivity index (χ0v) is 15.5. The molecule has 2 aromatic heterocycles. The van der Waals surface area contributed by atoms with Gasteiger partial charge in [0.05, 0.1) is 0 Å². The number of nitrogens with zero attached hydrogens (tertiary/aromatic N) is 1. The van der Waals surface area contributed by atoms with E-state index in [0.717, 1.165) is 6.42 Å². The van der Waals surface area contributed by atoms with Gasteiger partial charge in [0.2, 0.25) is 0 Å². The summed E-state index contributed by atoms with van der Waals surface area (Å²) in [6.45, 7) is 0. The quantitative estimate of drug-likeness (QED) is 0.365. The second kappa shape index (κ2) is 9.10. The van der Waals surface area contributed by atoms with Crippen molar-refractivity contribution in [3.8, 4) is 0 Å². The van der Waals surface area contributed by atoms with Crippen molar-refractivity contribution in [1.82, 2.24) is 9.97 Å². The molecule has 0 bridgehead atoms. The van der Waals surface area contributed by atoms with Crippen LogP contribution >= 0.6 is 0 Å². The van der Waals surface area contributed by atoms with Crippen molar-refractivity contribution < 1.29 is 18.3 Å². The van der Waals surface area contributed by atoms with Crippen LogP contribution in [0.25, 0.3) is 21.8 Å². The van der Waals surface area contributed by atoms with Gasteiger partial charge in [-0.15, -0.1) is 0 Å². The third-order valence-corrected chi connectivity index (χ3v) is 4.34. The van der Waals surface area contributed by atoms with E-state index in [-0.39, 0.29) is 0 Å². The maximum absolute atomic E-state index is 3.78. The van der Waals surface area contributed by atoms with Gasteiger partial charge in [-0.25, -0.2) is 0 Å². The number of allylic oxidation sites excluding steroid dienone is 4. The largest absolute Gasteiger partial charge is 0.355 e. The van der Waals surface area contributed by atoms with Gasteiger partial charge in [-0.05, 0) is 24.3 Å². The van der Waals surface area contributed by atoms with Crippen LogP contribution in [0.5, 0.6) is 0 Å². The molecule has 1 N–H and O–H groups in total. The number of fused-ring (bicyclic) bond motifs is 3. The normalized spacial score (nSPS) is 12.1. The van der Waals surface area contributed by atoms with E-state index in [0.29, 0.717) is 0 Å². The number of rotatable bonds is 0. The van der Waals surface area contributed by atoms with Gasteiger partial charge < -0.3 is 4.98 Å². The molecule has 4 aromatic rings. The van der Waals surface area contributed by atoms with E-state index >= 15 is 0 Å². The maximum atomic E-state index is 3.78. The molecule has 0 saturated carbocycles. The number of para-hydroxylation sites is 2. The second-order valence-corrected chi connectivity index (χ2v) is 6.59. The van der Waals surface area contributed by atoms with Gasteiger partial charge in [0.25, 0.3) is 0 Å². The average Bonchev–Trinajstić information content (AvgIpc) is 3.31. The van der Waals surface area contributed by atoms with E-state index in [2.05, 4.69) is 95.0 Å². The Labute approximate surface area is 158 Å². The number of aromatic amines is 1. The SMILES string of the molecule is [Ru][C]1=CC=CC1.c1ccc2c(c1)[nH]c1ccccc12.c1ccncc1. The third kappa shape index (κ3) is 4.98. The fraction of sp³-hybridized carbons (Fsp3) is 0.0455. The Kier molecular flexibility index (Phi) is 6.31. The molecule has 125 valence electrons. The second-order valence-electron chi connectivity index (χ2n) is 5.47. The van der Waals surface area contributed by atoms with Crippen LogP contribution in [0.3, 0.4) is 0 Å². The molecule has 1 aliphatic rings. The number of benzene rings is 2. The predicted molar refractivity (Wildman–Crippen MR) is 102 cm³/mol. The first-order chi connectivity index (χ1) is 12.3. The fourth-order valence-electron chi connectivity index (χ4n) is 2.53. The minimum atomic E-state index is 1.14. The molecule has 0 amide bonds. The Morgan fingerprint density at radius 2 is 1.36 bits per heavy atom. The predicted octanol–water partition coefficient (Wildman–Crippen LogP) is 5.78. The molecule has 2 aromatic carbocycles. The molecule has 0 radical (unpaired) electrons. The number of hydrogen-bond acceptors (Lipinski definition) is 1. The summed E-state index contributed by atoms with van der Waals surface area (Å²) >= 11 is 2.59. The summed E-state index contributed by atoms with van der Waals surface area (Å²) in [7, 11) is 0. The first-order valence-electron chi connectivity index (χ1n) is 8.15. The summed E-state index contributed by atoms with van der Waals surface area (Å²) in [4.78, 5) is 7.16. The monoisotopic (exact) mass is 413 g/mol. The Bertz CT molecular complexity index is 907. The van der Waals surface area contributed by atoms with E-state index in [1.165, 1.54) is 26.0 Å². The van der Waals surface area contributed by atoms with E-state index in [1.807, 2.05) is 18.2 Å². The molecule has 0 fully saturated rings. The van der Waals surface area contributed by atoms with Crippen molar-refractivity contribution in [3.63, 3.8) is 0 Å². The topological polar surface area (TPSA) is 28.7 Å². The summed E-state index contributed by atoms with van der Waals surface area (Å²) in [5.74, 6) is 0. The molecule has 0 unspecified atom stereocenters. The first kappa shape index (κ1) is 17.3. The minimum Gasteiger partial charge on any atom is -0.355 e. The Morgan fingerprint density at radius 1 is 0.760 bits per heavy atom.